The molecule has 0 saturated heterocycles. The molecule has 0 amide bonds. The molecule has 0 aliphatic rings. The predicted molar refractivity (Wildman–Crippen MR) is 82.6 cm³/mol. The number of hydrogen-bond donors (Lipinski definition) is 2. The maximum absolute atomic E-state index is 11.4. The number of carboxylic acids is 2. The van der Waals surface area contributed by atoms with Gasteiger partial charge in [-0.2, -0.15) is 0 Å². The molecular weight excluding hydrogens is 318 g/mol. The summed E-state index contributed by atoms with van der Waals surface area (Å²) in [4.78, 5) is 32.7. The van der Waals surface area contributed by atoms with Crippen molar-refractivity contribution in [2.24, 2.45) is 0 Å². The highest BCUT2D eigenvalue weighted by Gasteiger charge is 2.23. The first-order valence-corrected chi connectivity index (χ1v) is 6.80. The van der Waals surface area contributed by atoms with E-state index >= 15 is 0 Å². The van der Waals surface area contributed by atoms with Crippen molar-refractivity contribution in [1.82, 2.24) is 0 Å². The van der Waals surface area contributed by atoms with Crippen LogP contribution < -0.4 is 4.74 Å². The average Bonchev–Trinajstić information content (AvgIpc) is 2.49. The van der Waals surface area contributed by atoms with Gasteiger partial charge in [-0.25, -0.2) is 4.79 Å². The summed E-state index contributed by atoms with van der Waals surface area (Å²) in [7, 11) is 0. The SMILES string of the molecule is Cc1c([N+](=O)[O-])ccc(C(=O)O)c1Oc1ccccc1CC(=O)O. The second kappa shape index (κ2) is 6.78. The lowest BCUT2D eigenvalue weighted by molar-refractivity contribution is -0.385. The van der Waals surface area contributed by atoms with Crippen molar-refractivity contribution in [2.75, 3.05) is 0 Å². The Hall–Kier alpha value is -3.42. The van der Waals surface area contributed by atoms with Crippen LogP contribution in [0.1, 0.15) is 21.5 Å². The molecule has 0 heterocycles. The molecule has 8 nitrogen and oxygen atoms in total. The van der Waals surface area contributed by atoms with Crippen molar-refractivity contribution >= 4 is 17.6 Å². The van der Waals surface area contributed by atoms with Gasteiger partial charge < -0.3 is 14.9 Å². The van der Waals surface area contributed by atoms with E-state index in [9.17, 15) is 24.8 Å². The molecule has 2 aromatic rings. The molecule has 0 radical (unpaired) electrons. The smallest absolute Gasteiger partial charge is 0.339 e. The topological polar surface area (TPSA) is 127 Å². The third-order valence-corrected chi connectivity index (χ3v) is 3.33. The summed E-state index contributed by atoms with van der Waals surface area (Å²) in [6.45, 7) is 1.37. The van der Waals surface area contributed by atoms with E-state index in [1.165, 1.54) is 19.1 Å². The molecule has 0 unspecified atom stereocenters. The Morgan fingerprint density at radius 1 is 1.17 bits per heavy atom. The van der Waals surface area contributed by atoms with Crippen molar-refractivity contribution < 1.29 is 29.5 Å². The van der Waals surface area contributed by atoms with Crippen LogP contribution in [0, 0.1) is 17.0 Å². The van der Waals surface area contributed by atoms with E-state index in [1.807, 2.05) is 0 Å². The van der Waals surface area contributed by atoms with Crippen LogP contribution in [0.3, 0.4) is 0 Å². The number of carboxylic acid groups (broad SMARTS) is 2. The molecule has 0 aromatic heterocycles. The summed E-state index contributed by atoms with van der Waals surface area (Å²) in [5.74, 6) is -2.44. The number of aliphatic carboxylic acids is 1. The fraction of sp³-hybridized carbons (Fsp3) is 0.125. The van der Waals surface area contributed by atoms with E-state index in [1.54, 1.807) is 12.1 Å². The first kappa shape index (κ1) is 16.9. The van der Waals surface area contributed by atoms with Gasteiger partial charge in [0.2, 0.25) is 0 Å². The summed E-state index contributed by atoms with van der Waals surface area (Å²) in [5, 5.41) is 29.2. The molecule has 0 saturated carbocycles. The van der Waals surface area contributed by atoms with Crippen LogP contribution in [-0.2, 0) is 11.2 Å². The Morgan fingerprint density at radius 3 is 2.42 bits per heavy atom. The monoisotopic (exact) mass is 331 g/mol. The Morgan fingerprint density at radius 2 is 1.83 bits per heavy atom. The molecule has 0 fully saturated rings. The quantitative estimate of drug-likeness (QED) is 0.615. The van der Waals surface area contributed by atoms with Crippen LogP contribution >= 0.6 is 0 Å². The predicted octanol–water partition coefficient (Wildman–Crippen LogP) is 3.02. The highest BCUT2D eigenvalue weighted by Crippen LogP contribution is 2.36. The minimum atomic E-state index is -1.31. The van der Waals surface area contributed by atoms with Crippen molar-refractivity contribution in [1.29, 1.82) is 0 Å². The van der Waals surface area contributed by atoms with Gasteiger partial charge in [0.25, 0.3) is 5.69 Å². The Kier molecular flexibility index (Phi) is 4.78. The van der Waals surface area contributed by atoms with Gasteiger partial charge in [0.05, 0.1) is 16.9 Å². The van der Waals surface area contributed by atoms with E-state index in [4.69, 9.17) is 9.84 Å². The number of aromatic carboxylic acids is 1. The Labute approximate surface area is 136 Å². The molecule has 0 aliphatic heterocycles. The van der Waals surface area contributed by atoms with Gasteiger partial charge in [-0.05, 0) is 19.1 Å². The fourth-order valence-corrected chi connectivity index (χ4v) is 2.20. The zero-order chi connectivity index (χ0) is 17.9. The molecule has 24 heavy (non-hydrogen) atoms. The van der Waals surface area contributed by atoms with Crippen LogP contribution in [0.15, 0.2) is 36.4 Å². The van der Waals surface area contributed by atoms with E-state index < -0.39 is 16.9 Å². The van der Waals surface area contributed by atoms with Crippen molar-refractivity contribution in [2.45, 2.75) is 13.3 Å². The van der Waals surface area contributed by atoms with E-state index in [0.717, 1.165) is 12.1 Å². The van der Waals surface area contributed by atoms with Crippen molar-refractivity contribution in [3.05, 3.63) is 63.2 Å². The largest absolute Gasteiger partial charge is 0.481 e. The molecule has 0 aliphatic carbocycles. The van der Waals surface area contributed by atoms with Crippen LogP contribution in [0.4, 0.5) is 5.69 Å². The Balaban J connectivity index is 2.57. The van der Waals surface area contributed by atoms with E-state index in [-0.39, 0.29) is 34.7 Å². The maximum Gasteiger partial charge on any atom is 0.339 e. The van der Waals surface area contributed by atoms with Gasteiger partial charge >= 0.3 is 11.9 Å². The van der Waals surface area contributed by atoms with Crippen LogP contribution in [0.25, 0.3) is 0 Å². The summed E-state index contributed by atoms with van der Waals surface area (Å²) >= 11 is 0. The summed E-state index contributed by atoms with van der Waals surface area (Å²) in [5.41, 5.74) is -0.161. The zero-order valence-electron chi connectivity index (χ0n) is 12.6. The van der Waals surface area contributed by atoms with Gasteiger partial charge in [-0.3, -0.25) is 14.9 Å². The standard InChI is InChI=1S/C16H13NO7/c1-9-12(17(22)23)7-6-11(16(20)21)15(9)24-13-5-3-2-4-10(13)8-14(18)19/h2-7H,8H2,1H3,(H,18,19)(H,20,21). The van der Waals surface area contributed by atoms with Gasteiger partial charge in [0, 0.05) is 11.6 Å². The molecule has 8 heteroatoms. The van der Waals surface area contributed by atoms with Gasteiger partial charge in [0.15, 0.2) is 5.75 Å². The third-order valence-electron chi connectivity index (χ3n) is 3.33. The number of hydrogen-bond acceptors (Lipinski definition) is 5. The highest BCUT2D eigenvalue weighted by molar-refractivity contribution is 5.92. The number of ether oxygens (including phenoxy) is 1. The summed E-state index contributed by atoms with van der Waals surface area (Å²) in [6.07, 6.45) is -0.327. The van der Waals surface area contributed by atoms with Gasteiger partial charge in [-0.1, -0.05) is 18.2 Å². The number of nitro benzene ring substituents is 1. The molecule has 0 atom stereocenters. The molecule has 124 valence electrons. The van der Waals surface area contributed by atoms with Gasteiger partial charge in [0.1, 0.15) is 11.3 Å². The number of para-hydroxylation sites is 1. The lowest BCUT2D eigenvalue weighted by Gasteiger charge is -2.14. The summed E-state index contributed by atoms with van der Waals surface area (Å²) in [6, 6.07) is 8.38. The summed E-state index contributed by atoms with van der Waals surface area (Å²) < 4.78 is 5.58. The lowest BCUT2D eigenvalue weighted by atomic mass is 10.1. The first-order valence-electron chi connectivity index (χ1n) is 6.80. The van der Waals surface area contributed by atoms with Crippen LogP contribution in [0.2, 0.25) is 0 Å². The second-order valence-electron chi connectivity index (χ2n) is 4.93. The normalized spacial score (nSPS) is 10.2. The van der Waals surface area contributed by atoms with Crippen molar-refractivity contribution in [3.8, 4) is 11.5 Å². The minimum absolute atomic E-state index is 0.0463. The number of rotatable bonds is 6. The van der Waals surface area contributed by atoms with Crippen LogP contribution in [-0.4, -0.2) is 27.1 Å². The molecule has 2 aromatic carbocycles. The molecule has 0 bridgehead atoms. The number of benzene rings is 2. The molecule has 2 N–H and O–H groups in total. The first-order chi connectivity index (χ1) is 11.3. The zero-order valence-corrected chi connectivity index (χ0v) is 12.6. The minimum Gasteiger partial charge on any atom is -0.481 e. The van der Waals surface area contributed by atoms with Crippen LogP contribution in [0.5, 0.6) is 11.5 Å². The number of nitrogens with zero attached hydrogens (tertiary/aromatic N) is 1. The van der Waals surface area contributed by atoms with E-state index in [2.05, 4.69) is 0 Å². The van der Waals surface area contributed by atoms with Gasteiger partial charge in [-0.15, -0.1) is 0 Å². The second-order valence-corrected chi connectivity index (χ2v) is 4.93. The Bertz CT molecular complexity index is 829. The maximum atomic E-state index is 11.4. The molecule has 2 rings (SSSR count). The van der Waals surface area contributed by atoms with E-state index in [0.29, 0.717) is 5.56 Å². The highest BCUT2D eigenvalue weighted by atomic mass is 16.6. The number of nitro groups is 1. The van der Waals surface area contributed by atoms with Crippen molar-refractivity contribution in [3.63, 3.8) is 0 Å². The fourth-order valence-electron chi connectivity index (χ4n) is 2.20. The third kappa shape index (κ3) is 3.49. The molecular formula is C16H13NO7. The molecule has 0 spiro atoms. The lowest BCUT2D eigenvalue weighted by Crippen LogP contribution is -2.06. The number of carbonyl (C=O) groups is 2. The average molecular weight is 331 g/mol.